The van der Waals surface area contributed by atoms with Crippen molar-refractivity contribution in [3.63, 3.8) is 0 Å². The molecule has 6 amide bonds. The smallest absolute Gasteiger partial charge is 0.253 e. The van der Waals surface area contributed by atoms with Crippen LogP contribution in [0.5, 0.6) is 0 Å². The zero-order chi connectivity index (χ0) is 26.6. The van der Waals surface area contributed by atoms with Crippen molar-refractivity contribution in [1.82, 2.24) is 20.4 Å². The van der Waals surface area contributed by atoms with Crippen LogP contribution in [0.1, 0.15) is 53.4 Å². The molecule has 0 aromatic rings. The first-order chi connectivity index (χ1) is 16.4. The molecular weight excluding hydrogens is 456 g/mol. The minimum absolute atomic E-state index is 0.0136. The van der Waals surface area contributed by atoms with E-state index in [0.29, 0.717) is 18.9 Å². The minimum atomic E-state index is -0.497. The minimum Gasteiger partial charge on any atom is -0.396 e. The Morgan fingerprint density at radius 2 is 1.29 bits per heavy atom. The zero-order valence-corrected chi connectivity index (χ0v) is 20.8. The average Bonchev–Trinajstić information content (AvgIpc) is 3.24. The topological polar surface area (TPSA) is 153 Å². The summed E-state index contributed by atoms with van der Waals surface area (Å²) < 4.78 is 0. The summed E-state index contributed by atoms with van der Waals surface area (Å²) in [6.45, 7) is 8.61. The summed E-state index contributed by atoms with van der Waals surface area (Å²) in [7, 11) is 0. The summed E-state index contributed by atoms with van der Waals surface area (Å²) in [5, 5.41) is 14.3. The maximum Gasteiger partial charge on any atom is 0.253 e. The van der Waals surface area contributed by atoms with Gasteiger partial charge in [0.2, 0.25) is 11.8 Å². The number of hydrogen-bond donors (Lipinski definition) is 3. The van der Waals surface area contributed by atoms with E-state index in [9.17, 15) is 28.8 Å². The van der Waals surface area contributed by atoms with Gasteiger partial charge in [0.1, 0.15) is 0 Å². The fourth-order valence-electron chi connectivity index (χ4n) is 3.10. The molecule has 0 atom stereocenters. The number of rotatable bonds is 12. The predicted molar refractivity (Wildman–Crippen MR) is 127 cm³/mol. The van der Waals surface area contributed by atoms with Crippen LogP contribution in [0.15, 0.2) is 24.3 Å². The van der Waals surface area contributed by atoms with Crippen LogP contribution in [-0.2, 0) is 28.8 Å². The molecule has 0 saturated carbocycles. The largest absolute Gasteiger partial charge is 0.396 e. The second-order valence-corrected chi connectivity index (χ2v) is 9.26. The third-order valence-corrected chi connectivity index (χ3v) is 5.18. The maximum absolute atomic E-state index is 11.6. The Bertz CT molecular complexity index is 841. The second-order valence-electron chi connectivity index (χ2n) is 9.26. The van der Waals surface area contributed by atoms with Crippen molar-refractivity contribution in [3.8, 4) is 0 Å². The number of nitrogens with zero attached hydrogens (tertiary/aromatic N) is 2. The van der Waals surface area contributed by atoms with Crippen LogP contribution in [0.3, 0.4) is 0 Å². The standard InChI is InChI=1S/C12H18N2O4.C12H18N2O3/c1-12(2,6-8-15)13-9(16)5-7-14-10(17)3-4-11(14)18;1-9(2)5-7-13-10(15)6-8-14-11(16)3-4-12(14)17/h3-4,15H,5-8H2,1-2H3,(H,13,16);3-4,9H,5-8H2,1-2H3,(H,13,15). The van der Waals surface area contributed by atoms with E-state index in [1.165, 1.54) is 24.3 Å². The molecule has 0 bridgehead atoms. The first kappa shape index (κ1) is 29.7. The Hall–Kier alpha value is -3.34. The summed E-state index contributed by atoms with van der Waals surface area (Å²) in [5.41, 5.74) is -0.497. The molecule has 3 N–H and O–H groups in total. The third kappa shape index (κ3) is 11.1. The lowest BCUT2D eigenvalue weighted by Gasteiger charge is -2.25. The molecule has 0 aliphatic carbocycles. The van der Waals surface area contributed by atoms with Crippen molar-refractivity contribution in [3.05, 3.63) is 24.3 Å². The monoisotopic (exact) mass is 492 g/mol. The quantitative estimate of drug-likeness (QED) is 0.325. The first-order valence-corrected chi connectivity index (χ1v) is 11.6. The van der Waals surface area contributed by atoms with E-state index in [0.717, 1.165) is 16.2 Å². The van der Waals surface area contributed by atoms with Crippen LogP contribution in [0, 0.1) is 5.92 Å². The third-order valence-electron chi connectivity index (χ3n) is 5.18. The fraction of sp³-hybridized carbons (Fsp3) is 0.583. The Morgan fingerprint density at radius 1 is 0.857 bits per heavy atom. The lowest BCUT2D eigenvalue weighted by molar-refractivity contribution is -0.139. The second kappa shape index (κ2) is 14.1. The van der Waals surface area contributed by atoms with E-state index in [-0.39, 0.29) is 68.0 Å². The Kier molecular flexibility index (Phi) is 12.0. The van der Waals surface area contributed by atoms with Crippen LogP contribution >= 0.6 is 0 Å². The van der Waals surface area contributed by atoms with Gasteiger partial charge in [0.15, 0.2) is 0 Å². The molecule has 0 saturated heterocycles. The van der Waals surface area contributed by atoms with Crippen LogP contribution in [0.2, 0.25) is 0 Å². The molecule has 35 heavy (non-hydrogen) atoms. The molecule has 0 aromatic carbocycles. The summed E-state index contributed by atoms with van der Waals surface area (Å²) in [6, 6.07) is 0. The number of amides is 6. The number of nitrogens with one attached hydrogen (secondary N) is 2. The lowest BCUT2D eigenvalue weighted by Crippen LogP contribution is -2.45. The van der Waals surface area contributed by atoms with Crippen LogP contribution in [-0.4, -0.2) is 82.1 Å². The van der Waals surface area contributed by atoms with Gasteiger partial charge in [-0.1, -0.05) is 13.8 Å². The Balaban J connectivity index is 0.000000351. The molecule has 2 heterocycles. The van der Waals surface area contributed by atoms with E-state index in [2.05, 4.69) is 24.5 Å². The summed E-state index contributed by atoms with van der Waals surface area (Å²) in [6.07, 6.45) is 6.42. The number of imide groups is 2. The predicted octanol–water partition coefficient (Wildman–Crippen LogP) is 0.0425. The van der Waals surface area contributed by atoms with Crippen molar-refractivity contribution in [2.75, 3.05) is 26.2 Å². The molecule has 2 rings (SSSR count). The van der Waals surface area contributed by atoms with Gasteiger partial charge >= 0.3 is 0 Å². The number of aliphatic hydroxyl groups is 1. The van der Waals surface area contributed by atoms with Gasteiger partial charge in [0, 0.05) is 68.9 Å². The van der Waals surface area contributed by atoms with Gasteiger partial charge < -0.3 is 15.7 Å². The van der Waals surface area contributed by atoms with Crippen molar-refractivity contribution < 1.29 is 33.9 Å². The molecule has 11 heteroatoms. The average molecular weight is 493 g/mol. The van der Waals surface area contributed by atoms with Crippen molar-refractivity contribution in [2.45, 2.75) is 58.9 Å². The van der Waals surface area contributed by atoms with Gasteiger partial charge in [-0.3, -0.25) is 38.6 Å². The first-order valence-electron chi connectivity index (χ1n) is 11.6. The summed E-state index contributed by atoms with van der Waals surface area (Å²) >= 11 is 0. The Labute approximate surface area is 205 Å². The van der Waals surface area contributed by atoms with E-state index < -0.39 is 5.54 Å². The number of carbonyl (C=O) groups excluding carboxylic acids is 6. The molecule has 194 valence electrons. The summed E-state index contributed by atoms with van der Waals surface area (Å²) in [4.78, 5) is 70.0. The fourth-order valence-corrected chi connectivity index (χ4v) is 3.10. The Morgan fingerprint density at radius 3 is 1.69 bits per heavy atom. The van der Waals surface area contributed by atoms with Gasteiger partial charge in [-0.05, 0) is 32.6 Å². The molecule has 11 nitrogen and oxygen atoms in total. The van der Waals surface area contributed by atoms with Crippen LogP contribution < -0.4 is 10.6 Å². The molecule has 2 aliphatic rings. The van der Waals surface area contributed by atoms with Gasteiger partial charge in [-0.2, -0.15) is 0 Å². The molecule has 0 aromatic heterocycles. The molecule has 2 aliphatic heterocycles. The SMILES string of the molecule is CC(C)(CCO)NC(=O)CCN1C(=O)C=CC1=O.CC(C)CCNC(=O)CCN1C(=O)C=CC1=O. The lowest BCUT2D eigenvalue weighted by atomic mass is 10.0. The number of carbonyl (C=O) groups is 6. The molecule has 0 unspecified atom stereocenters. The number of hydrogen-bond acceptors (Lipinski definition) is 7. The van der Waals surface area contributed by atoms with E-state index in [1.54, 1.807) is 13.8 Å². The van der Waals surface area contributed by atoms with Crippen LogP contribution in [0.4, 0.5) is 0 Å². The molecule has 0 fully saturated rings. The van der Waals surface area contributed by atoms with E-state index in [1.807, 2.05) is 0 Å². The highest BCUT2D eigenvalue weighted by molar-refractivity contribution is 6.13. The van der Waals surface area contributed by atoms with Crippen LogP contribution in [0.25, 0.3) is 0 Å². The molecule has 0 spiro atoms. The van der Waals surface area contributed by atoms with Gasteiger partial charge in [-0.15, -0.1) is 0 Å². The van der Waals surface area contributed by atoms with Gasteiger partial charge in [0.05, 0.1) is 0 Å². The van der Waals surface area contributed by atoms with Crippen molar-refractivity contribution >= 4 is 35.4 Å². The normalized spacial score (nSPS) is 15.1. The molecule has 0 radical (unpaired) electrons. The van der Waals surface area contributed by atoms with E-state index >= 15 is 0 Å². The van der Waals surface area contributed by atoms with Gasteiger partial charge in [0.25, 0.3) is 23.6 Å². The highest BCUT2D eigenvalue weighted by atomic mass is 16.3. The van der Waals surface area contributed by atoms with Crippen molar-refractivity contribution in [1.29, 1.82) is 0 Å². The molecular formula is C24H36N4O7. The van der Waals surface area contributed by atoms with Crippen molar-refractivity contribution in [2.24, 2.45) is 5.92 Å². The van der Waals surface area contributed by atoms with E-state index in [4.69, 9.17) is 5.11 Å². The zero-order valence-electron chi connectivity index (χ0n) is 20.8. The highest BCUT2D eigenvalue weighted by Gasteiger charge is 2.25. The maximum atomic E-state index is 11.6. The number of aliphatic hydroxyl groups excluding tert-OH is 1. The summed E-state index contributed by atoms with van der Waals surface area (Å²) in [5.74, 6) is -1.29. The van der Waals surface area contributed by atoms with Gasteiger partial charge in [-0.25, -0.2) is 0 Å². The highest BCUT2D eigenvalue weighted by Crippen LogP contribution is 2.09.